The maximum absolute atomic E-state index is 13.5. The number of alkyl halides is 6. The number of ether oxygens (including phenoxy) is 1. The summed E-state index contributed by atoms with van der Waals surface area (Å²) < 4.78 is 81.8. The zero-order valence-corrected chi connectivity index (χ0v) is 22.5. The number of hydrogen-bond donors (Lipinski definition) is 3. The topological polar surface area (TPSA) is 141 Å². The SMILES string of the molecule is C[C@@H](OCC(F)(F)F)[C@H](NC(=O)C(F)(F)F)C(=O)N1CC2C(C1C(=O)N[C@H](C#N)C[C@@H]1CC3(CC3)NC1=O)C2(C)C. The lowest BCUT2D eigenvalue weighted by atomic mass is 9.95. The summed E-state index contributed by atoms with van der Waals surface area (Å²) >= 11 is 0. The molecule has 10 nitrogen and oxygen atoms in total. The lowest BCUT2D eigenvalue weighted by Gasteiger charge is -2.35. The number of carbonyl (C=O) groups excluding carboxylic acids is 4. The zero-order chi connectivity index (χ0) is 30.7. The highest BCUT2D eigenvalue weighted by atomic mass is 19.4. The second kappa shape index (κ2) is 10.3. The van der Waals surface area contributed by atoms with E-state index in [1.807, 2.05) is 19.9 Å². The first kappa shape index (κ1) is 30.9. The van der Waals surface area contributed by atoms with Gasteiger partial charge in [-0.05, 0) is 49.9 Å². The molecule has 2 saturated heterocycles. The van der Waals surface area contributed by atoms with Crippen molar-refractivity contribution in [2.75, 3.05) is 13.2 Å². The molecule has 0 aromatic heterocycles. The van der Waals surface area contributed by atoms with Crippen LogP contribution in [-0.4, -0.2) is 83.8 Å². The molecule has 41 heavy (non-hydrogen) atoms. The van der Waals surface area contributed by atoms with Crippen molar-refractivity contribution in [3.05, 3.63) is 0 Å². The number of hydrogen-bond acceptors (Lipinski definition) is 6. The van der Waals surface area contributed by atoms with Crippen LogP contribution in [0.15, 0.2) is 0 Å². The van der Waals surface area contributed by atoms with Crippen LogP contribution in [0.1, 0.15) is 46.5 Å². The number of likely N-dealkylation sites (tertiary alicyclic amines) is 1. The Kier molecular flexibility index (Phi) is 7.77. The van der Waals surface area contributed by atoms with Gasteiger partial charge in [-0.2, -0.15) is 31.6 Å². The molecule has 16 heteroatoms. The predicted molar refractivity (Wildman–Crippen MR) is 126 cm³/mol. The highest BCUT2D eigenvalue weighted by Crippen LogP contribution is 2.65. The van der Waals surface area contributed by atoms with Gasteiger partial charge in [-0.1, -0.05) is 13.8 Å². The highest BCUT2D eigenvalue weighted by Gasteiger charge is 2.70. The third-order valence-electron chi connectivity index (χ3n) is 8.79. The molecular formula is C25H31F6N5O5. The van der Waals surface area contributed by atoms with Gasteiger partial charge in [-0.25, -0.2) is 0 Å². The maximum atomic E-state index is 13.5. The Balaban J connectivity index is 1.52. The van der Waals surface area contributed by atoms with Crippen LogP contribution < -0.4 is 16.0 Å². The molecule has 4 aliphatic rings. The average molecular weight is 596 g/mol. The van der Waals surface area contributed by atoms with Crippen molar-refractivity contribution in [2.45, 2.75) is 88.6 Å². The van der Waals surface area contributed by atoms with Crippen LogP contribution in [0.4, 0.5) is 26.3 Å². The van der Waals surface area contributed by atoms with Crippen LogP contribution in [-0.2, 0) is 23.9 Å². The van der Waals surface area contributed by atoms with Crippen LogP contribution in [0.3, 0.4) is 0 Å². The Morgan fingerprint density at radius 1 is 1.17 bits per heavy atom. The molecular weight excluding hydrogens is 564 g/mol. The van der Waals surface area contributed by atoms with Crippen molar-refractivity contribution in [1.82, 2.24) is 20.9 Å². The summed E-state index contributed by atoms with van der Waals surface area (Å²) in [5.74, 6) is -6.02. The lowest BCUT2D eigenvalue weighted by molar-refractivity contribution is -0.191. The van der Waals surface area contributed by atoms with Crippen molar-refractivity contribution in [3.63, 3.8) is 0 Å². The number of amides is 4. The van der Waals surface area contributed by atoms with Gasteiger partial charge >= 0.3 is 18.3 Å². The van der Waals surface area contributed by atoms with Gasteiger partial charge in [0.05, 0.1) is 12.2 Å². The summed E-state index contributed by atoms with van der Waals surface area (Å²) in [5.41, 5.74) is -0.708. The number of carbonyl (C=O) groups is 4. The molecule has 3 unspecified atom stereocenters. The first-order chi connectivity index (χ1) is 18.8. The Labute approximate surface area is 231 Å². The molecule has 1 spiro atoms. The average Bonchev–Trinajstić information content (AvgIpc) is 3.57. The van der Waals surface area contributed by atoms with Gasteiger partial charge in [-0.15, -0.1) is 0 Å². The minimum Gasteiger partial charge on any atom is -0.366 e. The van der Waals surface area contributed by atoms with Gasteiger partial charge < -0.3 is 25.6 Å². The fraction of sp³-hybridized carbons (Fsp3) is 0.800. The van der Waals surface area contributed by atoms with E-state index in [4.69, 9.17) is 0 Å². The zero-order valence-electron chi connectivity index (χ0n) is 22.5. The molecule has 2 heterocycles. The van der Waals surface area contributed by atoms with Gasteiger partial charge in [0.2, 0.25) is 17.7 Å². The minimum absolute atomic E-state index is 0.0144. The molecule has 4 amide bonds. The van der Waals surface area contributed by atoms with Crippen LogP contribution in [0.2, 0.25) is 0 Å². The van der Waals surface area contributed by atoms with E-state index in [0.29, 0.717) is 6.42 Å². The monoisotopic (exact) mass is 595 g/mol. The number of piperidine rings is 1. The predicted octanol–water partition coefficient (Wildman–Crippen LogP) is 1.55. The fourth-order valence-corrected chi connectivity index (χ4v) is 6.25. The van der Waals surface area contributed by atoms with Crippen molar-refractivity contribution < 1.29 is 50.3 Å². The molecule has 4 fully saturated rings. The molecule has 3 N–H and O–H groups in total. The molecule has 2 aliphatic carbocycles. The molecule has 0 bridgehead atoms. The number of fused-ring (bicyclic) bond motifs is 1. The van der Waals surface area contributed by atoms with Crippen molar-refractivity contribution in [2.24, 2.45) is 23.2 Å². The number of halogens is 6. The molecule has 4 rings (SSSR count). The third kappa shape index (κ3) is 6.39. The van der Waals surface area contributed by atoms with Crippen molar-refractivity contribution >= 4 is 23.6 Å². The normalized spacial score (nSPS) is 29.6. The summed E-state index contributed by atoms with van der Waals surface area (Å²) in [4.78, 5) is 51.9. The Hall–Kier alpha value is -3.09. The summed E-state index contributed by atoms with van der Waals surface area (Å²) in [6.45, 7) is 2.56. The highest BCUT2D eigenvalue weighted by molar-refractivity contribution is 5.95. The molecule has 0 aromatic rings. The molecule has 2 saturated carbocycles. The van der Waals surface area contributed by atoms with Crippen LogP contribution in [0, 0.1) is 34.5 Å². The number of nitrogens with one attached hydrogen (secondary N) is 3. The molecule has 0 radical (unpaired) electrons. The van der Waals surface area contributed by atoms with E-state index in [0.717, 1.165) is 24.7 Å². The first-order valence-corrected chi connectivity index (χ1v) is 13.2. The summed E-state index contributed by atoms with van der Waals surface area (Å²) in [7, 11) is 0. The van der Waals surface area contributed by atoms with Crippen molar-refractivity contribution in [3.8, 4) is 6.07 Å². The second-order valence-electron chi connectivity index (χ2n) is 12.1. The number of nitrogens with zero attached hydrogens (tertiary/aromatic N) is 2. The summed E-state index contributed by atoms with van der Waals surface area (Å²) in [6, 6.07) is -2.64. The van der Waals surface area contributed by atoms with E-state index >= 15 is 0 Å². The van der Waals surface area contributed by atoms with Crippen LogP contribution in [0.5, 0.6) is 0 Å². The Bertz CT molecular complexity index is 1150. The number of nitriles is 1. The summed E-state index contributed by atoms with van der Waals surface area (Å²) in [6.07, 6.45) is -9.96. The van der Waals surface area contributed by atoms with E-state index in [2.05, 4.69) is 15.4 Å². The first-order valence-electron chi connectivity index (χ1n) is 13.2. The van der Waals surface area contributed by atoms with Gasteiger partial charge in [0, 0.05) is 18.0 Å². The molecule has 7 atom stereocenters. The van der Waals surface area contributed by atoms with E-state index in [1.165, 1.54) is 5.32 Å². The van der Waals surface area contributed by atoms with E-state index < -0.39 is 78.2 Å². The van der Waals surface area contributed by atoms with Gasteiger partial charge in [0.25, 0.3) is 0 Å². The minimum atomic E-state index is -5.44. The van der Waals surface area contributed by atoms with Gasteiger partial charge in [-0.3, -0.25) is 19.2 Å². The molecule has 228 valence electrons. The largest absolute Gasteiger partial charge is 0.471 e. The quantitative estimate of drug-likeness (QED) is 0.346. The van der Waals surface area contributed by atoms with Crippen LogP contribution in [0.25, 0.3) is 0 Å². The Morgan fingerprint density at radius 2 is 1.80 bits per heavy atom. The lowest BCUT2D eigenvalue weighted by Crippen LogP contribution is -2.61. The smallest absolute Gasteiger partial charge is 0.366 e. The Morgan fingerprint density at radius 3 is 2.32 bits per heavy atom. The van der Waals surface area contributed by atoms with E-state index in [-0.39, 0.29) is 30.3 Å². The standard InChI is InChI=1S/C25H31F6N5O5/c1-11(41-10-24(26,27)28)16(34-21(40)25(29,30)31)20(39)36-9-14-15(22(14,2)3)17(36)19(38)33-13(8-32)6-12-7-23(4-5-23)35-18(12)37/h11-17H,4-7,9-10H2,1-3H3,(H,33,38)(H,34,40)(H,35,37)/t11-,12-,13+,14?,15?,16+,17?/m1/s1. The fourth-order valence-electron chi connectivity index (χ4n) is 6.25. The van der Waals surface area contributed by atoms with Gasteiger partial charge in [0.1, 0.15) is 24.7 Å². The van der Waals surface area contributed by atoms with E-state index in [9.17, 15) is 50.8 Å². The second-order valence-corrected chi connectivity index (χ2v) is 12.1. The molecule has 2 aliphatic heterocycles. The van der Waals surface area contributed by atoms with Crippen molar-refractivity contribution in [1.29, 1.82) is 5.26 Å². The van der Waals surface area contributed by atoms with Crippen LogP contribution >= 0.6 is 0 Å². The summed E-state index contributed by atoms with van der Waals surface area (Å²) in [5, 5.41) is 16.5. The molecule has 0 aromatic carbocycles. The van der Waals surface area contributed by atoms with E-state index in [1.54, 1.807) is 0 Å². The van der Waals surface area contributed by atoms with Gasteiger partial charge in [0.15, 0.2) is 0 Å². The number of rotatable bonds is 9. The maximum Gasteiger partial charge on any atom is 0.471 e. The third-order valence-corrected chi connectivity index (χ3v) is 8.79.